The zero-order valence-electron chi connectivity index (χ0n) is 25.9. The Morgan fingerprint density at radius 2 is 1.92 bits per heavy atom. The number of carbonyl (C=O) groups is 4. The van der Waals surface area contributed by atoms with Crippen LogP contribution in [0.3, 0.4) is 0 Å². The molecule has 0 aromatic carbocycles. The molecule has 10 atom stereocenters. The van der Waals surface area contributed by atoms with Crippen molar-refractivity contribution in [3.63, 3.8) is 0 Å². The second-order valence-corrected chi connectivity index (χ2v) is 13.7. The van der Waals surface area contributed by atoms with E-state index < -0.39 is 84.0 Å². The molecule has 1 aromatic heterocycles. The minimum atomic E-state index is -1.82. The number of fused-ring (bicyclic) bond motifs is 1. The van der Waals surface area contributed by atoms with E-state index in [1.807, 2.05) is 10.4 Å². The molecule has 2 fully saturated rings. The smallest absolute Gasteiger partial charge is 0.330 e. The van der Waals surface area contributed by atoms with Crippen molar-refractivity contribution in [2.45, 2.75) is 86.1 Å². The number of carbonyl (C=O) groups excluding carboxylic acids is 4. The van der Waals surface area contributed by atoms with Gasteiger partial charge in [-0.15, -0.1) is 0 Å². The first kappa shape index (κ1) is 36.6. The van der Waals surface area contributed by atoms with Crippen LogP contribution >= 0.6 is 21.6 Å². The predicted molar refractivity (Wildman–Crippen MR) is 170 cm³/mol. The van der Waals surface area contributed by atoms with E-state index >= 15 is 0 Å². The summed E-state index contributed by atoms with van der Waals surface area (Å²) in [6, 6.07) is 0.395. The minimum Gasteiger partial charge on any atom is -0.456 e. The normalized spacial score (nSPS) is 31.2. The summed E-state index contributed by atoms with van der Waals surface area (Å²) in [7, 11) is 4.19. The summed E-state index contributed by atoms with van der Waals surface area (Å²) >= 11 is 0. The lowest BCUT2D eigenvalue weighted by Crippen LogP contribution is -2.54. The first-order chi connectivity index (χ1) is 23.4. The molecule has 2 unspecified atom stereocenters. The number of aliphatic hydroxyl groups excluding tert-OH is 3. The van der Waals surface area contributed by atoms with Gasteiger partial charge in [0.15, 0.2) is 18.1 Å². The number of rotatable bonds is 14. The zero-order valence-corrected chi connectivity index (χ0v) is 27.5. The SMILES string of the molecule is CO[C@H]1[C@@H](O)[C@H](n2ccc(=O)[nH]c2=O)O[C@@H]1[C@@H](O[C@H]1OC(C(=O)NCCCCCC(=O)NC2C(=O)NC3=CSSC32)=C[C@H](O)[C@@H]1O)C(N)=O. The maximum atomic E-state index is 12.8. The van der Waals surface area contributed by atoms with Crippen molar-refractivity contribution in [3.8, 4) is 0 Å². The topological polar surface area (TPSA) is 283 Å². The van der Waals surface area contributed by atoms with E-state index in [1.54, 1.807) is 0 Å². The van der Waals surface area contributed by atoms with Crippen molar-refractivity contribution in [1.82, 2.24) is 25.5 Å². The molecule has 21 heteroatoms. The minimum absolute atomic E-state index is 0.126. The first-order valence-corrected chi connectivity index (χ1v) is 17.4. The molecule has 5 rings (SSSR count). The number of nitrogens with two attached hydrogens (primary N) is 1. The molecule has 4 aliphatic heterocycles. The van der Waals surface area contributed by atoms with Gasteiger partial charge in [0.1, 0.15) is 36.6 Å². The van der Waals surface area contributed by atoms with Crippen LogP contribution in [0.1, 0.15) is 31.9 Å². The van der Waals surface area contributed by atoms with Crippen LogP contribution in [0.2, 0.25) is 0 Å². The summed E-state index contributed by atoms with van der Waals surface area (Å²) in [5.41, 5.74) is 4.74. The molecule has 1 aromatic rings. The number of hydrogen-bond acceptors (Lipinski definition) is 15. The zero-order chi connectivity index (χ0) is 35.4. The molecule has 0 aliphatic carbocycles. The highest BCUT2D eigenvalue weighted by Gasteiger charge is 2.52. The second kappa shape index (κ2) is 15.9. The number of primary amides is 1. The third-order valence-electron chi connectivity index (χ3n) is 8.10. The summed E-state index contributed by atoms with van der Waals surface area (Å²) in [6.45, 7) is 0.166. The molecule has 0 radical (unpaired) electrons. The molecule has 2 saturated heterocycles. The maximum absolute atomic E-state index is 12.8. The third kappa shape index (κ3) is 8.20. The van der Waals surface area contributed by atoms with Crippen LogP contribution in [0.4, 0.5) is 0 Å². The van der Waals surface area contributed by atoms with Gasteiger partial charge in [0.25, 0.3) is 11.5 Å². The summed E-state index contributed by atoms with van der Waals surface area (Å²) in [6.07, 6.45) is -9.13. The standard InChI is InChI=1S/C28H36N6O13S2/c1-44-19-18(39)26(34-8-6-15(37)33-28(34)43)46-20(19)21(23(29)40)47-27-17(38)12(35)9-13(45-27)24(41)30-7-4-2-3-5-14(36)32-16-22-11(10-48-49-22)31-25(16)42/h6,8-10,12,16-22,26-27,35,38-39H,2-5,7H2,1H3,(H2,29,40)(H,30,41)(H,31,42)(H,32,36)(H,33,37,43)/t12-,16?,17-,18+,19-,20-,21+,22?,26+,27+/m0/s1. The van der Waals surface area contributed by atoms with Gasteiger partial charge in [-0.05, 0) is 18.9 Å². The number of aliphatic hydroxyl groups is 3. The monoisotopic (exact) mass is 728 g/mol. The van der Waals surface area contributed by atoms with Crippen LogP contribution in [0.25, 0.3) is 0 Å². The van der Waals surface area contributed by atoms with Crippen LogP contribution in [0.5, 0.6) is 0 Å². The number of ether oxygens (including phenoxy) is 4. The van der Waals surface area contributed by atoms with E-state index in [-0.39, 0.29) is 30.0 Å². The highest BCUT2D eigenvalue weighted by Crippen LogP contribution is 2.43. The van der Waals surface area contributed by atoms with Crippen molar-refractivity contribution in [2.75, 3.05) is 13.7 Å². The quantitative estimate of drug-likeness (QED) is 0.0683. The molecular formula is C28H36N6O13S2. The van der Waals surface area contributed by atoms with E-state index in [2.05, 4.69) is 16.0 Å². The summed E-state index contributed by atoms with van der Waals surface area (Å²) in [5.74, 6) is -2.85. The number of aromatic nitrogens is 2. The van der Waals surface area contributed by atoms with Crippen LogP contribution in [0, 0.1) is 0 Å². The van der Waals surface area contributed by atoms with Crippen LogP contribution in [-0.2, 0) is 38.1 Å². The van der Waals surface area contributed by atoms with E-state index in [0.29, 0.717) is 19.3 Å². The van der Waals surface area contributed by atoms with Crippen LogP contribution in [0.15, 0.2) is 44.8 Å². The molecule has 0 saturated carbocycles. The third-order valence-corrected chi connectivity index (χ3v) is 10.5. The largest absolute Gasteiger partial charge is 0.456 e. The molecule has 9 N–H and O–H groups in total. The number of H-pyrrole nitrogens is 1. The van der Waals surface area contributed by atoms with E-state index in [4.69, 9.17) is 24.7 Å². The number of nitrogens with one attached hydrogen (secondary N) is 4. The molecule has 0 bridgehead atoms. The van der Waals surface area contributed by atoms with E-state index in [9.17, 15) is 44.1 Å². The number of aromatic amines is 1. The number of hydrogen-bond donors (Lipinski definition) is 8. The van der Waals surface area contributed by atoms with Crippen LogP contribution < -0.4 is 32.9 Å². The second-order valence-electron chi connectivity index (χ2n) is 11.4. The highest BCUT2D eigenvalue weighted by molar-refractivity contribution is 8.78. The molecule has 49 heavy (non-hydrogen) atoms. The Morgan fingerprint density at radius 3 is 2.63 bits per heavy atom. The maximum Gasteiger partial charge on any atom is 0.330 e. The Balaban J connectivity index is 1.11. The molecule has 4 amide bonds. The lowest BCUT2D eigenvalue weighted by atomic mass is 10.0. The number of unbranched alkanes of at least 4 members (excludes halogenated alkanes) is 2. The van der Waals surface area contributed by atoms with Crippen molar-refractivity contribution < 1.29 is 53.4 Å². The fraction of sp³-hybridized carbons (Fsp3) is 0.571. The Labute approximate surface area is 285 Å². The Hall–Kier alpha value is -3.70. The molecule has 0 spiro atoms. The van der Waals surface area contributed by atoms with Crippen molar-refractivity contribution >= 4 is 45.2 Å². The lowest BCUT2D eigenvalue weighted by Gasteiger charge is -2.35. The number of methoxy groups -OCH3 is 1. The van der Waals surface area contributed by atoms with Gasteiger partial charge >= 0.3 is 5.69 Å². The predicted octanol–water partition coefficient (Wildman–Crippen LogP) is -3.46. The molecule has 19 nitrogen and oxygen atoms in total. The van der Waals surface area contributed by atoms with Crippen molar-refractivity contribution in [3.05, 3.63) is 56.0 Å². The highest BCUT2D eigenvalue weighted by atomic mass is 33.1. The average molecular weight is 729 g/mol. The Bertz CT molecular complexity index is 1620. The van der Waals surface area contributed by atoms with Gasteiger partial charge in [-0.25, -0.2) is 4.79 Å². The van der Waals surface area contributed by atoms with Crippen LogP contribution in [-0.4, -0.2) is 116 Å². The van der Waals surface area contributed by atoms with Gasteiger partial charge < -0.3 is 56.0 Å². The van der Waals surface area contributed by atoms with Gasteiger partial charge in [-0.2, -0.15) is 0 Å². The molecule has 5 heterocycles. The van der Waals surface area contributed by atoms with Gasteiger partial charge in [0.2, 0.25) is 24.0 Å². The van der Waals surface area contributed by atoms with E-state index in [1.165, 1.54) is 28.7 Å². The lowest BCUT2D eigenvalue weighted by molar-refractivity contribution is -0.241. The average Bonchev–Trinajstić information content (AvgIpc) is 3.72. The molecule has 268 valence electrons. The summed E-state index contributed by atoms with van der Waals surface area (Å²) in [5, 5.41) is 41.7. The molecule has 4 aliphatic rings. The Morgan fingerprint density at radius 1 is 1.14 bits per heavy atom. The van der Waals surface area contributed by atoms with Crippen molar-refractivity contribution in [2.24, 2.45) is 5.73 Å². The molecular weight excluding hydrogens is 692 g/mol. The summed E-state index contributed by atoms with van der Waals surface area (Å²) in [4.78, 5) is 75.7. The Kier molecular flexibility index (Phi) is 11.9. The van der Waals surface area contributed by atoms with Crippen molar-refractivity contribution in [1.29, 1.82) is 0 Å². The summed E-state index contributed by atoms with van der Waals surface area (Å²) < 4.78 is 23.0. The van der Waals surface area contributed by atoms with Gasteiger partial charge in [-0.1, -0.05) is 28.0 Å². The van der Waals surface area contributed by atoms with Gasteiger partial charge in [0, 0.05) is 43.4 Å². The fourth-order valence-corrected chi connectivity index (χ4v) is 8.19. The first-order valence-electron chi connectivity index (χ1n) is 15.2. The van der Waals surface area contributed by atoms with E-state index in [0.717, 1.165) is 28.6 Å². The van der Waals surface area contributed by atoms with Gasteiger partial charge in [0.05, 0.1) is 5.25 Å². The number of amides is 4. The fourth-order valence-electron chi connectivity index (χ4n) is 5.60. The number of nitrogens with zero attached hydrogens (tertiary/aromatic N) is 1. The van der Waals surface area contributed by atoms with Gasteiger partial charge in [-0.3, -0.25) is 33.5 Å².